The molecule has 0 aromatic carbocycles. The normalized spacial score (nSPS) is 9.92. The molecule has 0 saturated carbocycles. The quantitative estimate of drug-likeness (QED) is 0.744. The number of rotatable bonds is 3. The van der Waals surface area contributed by atoms with Crippen molar-refractivity contribution in [3.05, 3.63) is 22.4 Å². The molecule has 1 aromatic heterocycles. The van der Waals surface area contributed by atoms with Crippen molar-refractivity contribution >= 4 is 15.9 Å². The van der Waals surface area contributed by atoms with Gasteiger partial charge in [-0.15, -0.1) is 0 Å². The molecule has 0 N–H and O–H groups in total. The summed E-state index contributed by atoms with van der Waals surface area (Å²) in [4.78, 5) is 4.08. The van der Waals surface area contributed by atoms with E-state index in [-0.39, 0.29) is 0 Å². The first-order valence-electron chi connectivity index (χ1n) is 3.99. The molecule has 0 saturated heterocycles. The summed E-state index contributed by atoms with van der Waals surface area (Å²) < 4.78 is 6.35. The van der Waals surface area contributed by atoms with Crippen LogP contribution in [0.25, 0.3) is 0 Å². The highest BCUT2D eigenvalue weighted by Crippen LogP contribution is 2.23. The van der Waals surface area contributed by atoms with Gasteiger partial charge in [0.25, 0.3) is 0 Å². The van der Waals surface area contributed by atoms with E-state index in [2.05, 4.69) is 27.8 Å². The molecule has 0 aliphatic carbocycles. The molecule has 3 heteroatoms. The van der Waals surface area contributed by atoms with Crippen molar-refractivity contribution in [2.24, 2.45) is 0 Å². The van der Waals surface area contributed by atoms with E-state index in [0.717, 1.165) is 28.9 Å². The van der Waals surface area contributed by atoms with E-state index in [1.807, 2.05) is 13.0 Å². The third kappa shape index (κ3) is 2.21. The number of aromatic nitrogens is 1. The molecule has 0 aliphatic rings. The van der Waals surface area contributed by atoms with Gasteiger partial charge in [-0.1, -0.05) is 6.92 Å². The first-order chi connectivity index (χ1) is 5.75. The van der Waals surface area contributed by atoms with Crippen molar-refractivity contribution in [3.63, 3.8) is 0 Å². The fourth-order valence-corrected chi connectivity index (χ4v) is 1.18. The van der Waals surface area contributed by atoms with Gasteiger partial charge in [0.1, 0.15) is 10.4 Å². The number of hydrogen-bond donors (Lipinski definition) is 0. The van der Waals surface area contributed by atoms with Crippen molar-refractivity contribution < 1.29 is 4.74 Å². The molecule has 1 rings (SSSR count). The van der Waals surface area contributed by atoms with Crippen LogP contribution in [-0.4, -0.2) is 11.6 Å². The van der Waals surface area contributed by atoms with Gasteiger partial charge < -0.3 is 4.74 Å². The molecule has 1 aromatic rings. The highest BCUT2D eigenvalue weighted by Gasteiger charge is 2.02. The van der Waals surface area contributed by atoms with Crippen LogP contribution in [0, 0.1) is 6.92 Å². The van der Waals surface area contributed by atoms with Crippen LogP contribution in [0.1, 0.15) is 18.9 Å². The Hall–Kier alpha value is -0.570. The van der Waals surface area contributed by atoms with Crippen LogP contribution in [-0.2, 0) is 0 Å². The summed E-state index contributed by atoms with van der Waals surface area (Å²) >= 11 is 3.35. The molecule has 0 fully saturated rings. The van der Waals surface area contributed by atoms with Gasteiger partial charge >= 0.3 is 0 Å². The third-order valence-corrected chi connectivity index (χ3v) is 2.35. The molecule has 0 bridgehead atoms. The summed E-state index contributed by atoms with van der Waals surface area (Å²) in [5.41, 5.74) is 1.06. The average molecular weight is 230 g/mol. The second kappa shape index (κ2) is 4.45. The maximum atomic E-state index is 5.50. The number of hydrogen-bond acceptors (Lipinski definition) is 2. The van der Waals surface area contributed by atoms with E-state index in [1.165, 1.54) is 0 Å². The summed E-state index contributed by atoms with van der Waals surface area (Å²) in [6.07, 6.45) is 2.77. The Morgan fingerprint density at radius 3 is 3.00 bits per heavy atom. The summed E-state index contributed by atoms with van der Waals surface area (Å²) in [6, 6.07) is 1.88. The van der Waals surface area contributed by atoms with Gasteiger partial charge in [-0.3, -0.25) is 0 Å². The number of halogens is 1. The van der Waals surface area contributed by atoms with Gasteiger partial charge in [0.15, 0.2) is 0 Å². The fourth-order valence-electron chi connectivity index (χ4n) is 0.862. The highest BCUT2D eigenvalue weighted by molar-refractivity contribution is 9.10. The maximum absolute atomic E-state index is 5.50. The van der Waals surface area contributed by atoms with Gasteiger partial charge in [0.05, 0.1) is 6.61 Å². The number of pyridine rings is 1. The van der Waals surface area contributed by atoms with E-state index in [4.69, 9.17) is 4.74 Å². The standard InChI is InChI=1S/C9H12BrNO/c1-3-6-12-8-4-5-11-9(10)7(8)2/h4-5H,3,6H2,1-2H3. The van der Waals surface area contributed by atoms with Crippen molar-refractivity contribution in [3.8, 4) is 5.75 Å². The number of nitrogens with zero attached hydrogens (tertiary/aromatic N) is 1. The maximum Gasteiger partial charge on any atom is 0.126 e. The van der Waals surface area contributed by atoms with Crippen molar-refractivity contribution in [1.29, 1.82) is 0 Å². The molecular formula is C9H12BrNO. The summed E-state index contributed by atoms with van der Waals surface area (Å²) in [5, 5.41) is 0. The molecule has 12 heavy (non-hydrogen) atoms. The Balaban J connectivity index is 2.78. The molecule has 66 valence electrons. The minimum atomic E-state index is 0.761. The molecule has 0 unspecified atom stereocenters. The lowest BCUT2D eigenvalue weighted by Crippen LogP contribution is -1.97. The molecule has 0 spiro atoms. The van der Waals surface area contributed by atoms with E-state index >= 15 is 0 Å². The predicted molar refractivity (Wildman–Crippen MR) is 52.5 cm³/mol. The van der Waals surface area contributed by atoms with Crippen LogP contribution in [0.2, 0.25) is 0 Å². The second-order valence-corrected chi connectivity index (χ2v) is 3.32. The van der Waals surface area contributed by atoms with Crippen molar-refractivity contribution in [1.82, 2.24) is 4.98 Å². The summed E-state index contributed by atoms with van der Waals surface area (Å²) in [5.74, 6) is 0.915. The largest absolute Gasteiger partial charge is 0.493 e. The first-order valence-corrected chi connectivity index (χ1v) is 4.79. The number of ether oxygens (including phenoxy) is 1. The van der Waals surface area contributed by atoms with Crippen LogP contribution < -0.4 is 4.74 Å². The van der Waals surface area contributed by atoms with Gasteiger partial charge in [-0.2, -0.15) is 0 Å². The van der Waals surface area contributed by atoms with E-state index in [1.54, 1.807) is 6.20 Å². The van der Waals surface area contributed by atoms with Crippen LogP contribution in [0.5, 0.6) is 5.75 Å². The van der Waals surface area contributed by atoms with Crippen LogP contribution in [0.4, 0.5) is 0 Å². The zero-order chi connectivity index (χ0) is 8.97. The molecule has 0 radical (unpaired) electrons. The Morgan fingerprint density at radius 1 is 1.58 bits per heavy atom. The third-order valence-electron chi connectivity index (χ3n) is 1.55. The summed E-state index contributed by atoms with van der Waals surface area (Å²) in [7, 11) is 0. The Morgan fingerprint density at radius 2 is 2.33 bits per heavy atom. The van der Waals surface area contributed by atoms with Crippen LogP contribution in [0.3, 0.4) is 0 Å². The van der Waals surface area contributed by atoms with E-state index in [9.17, 15) is 0 Å². The summed E-state index contributed by atoms with van der Waals surface area (Å²) in [6.45, 7) is 4.84. The lowest BCUT2D eigenvalue weighted by molar-refractivity contribution is 0.314. The average Bonchev–Trinajstić information content (AvgIpc) is 2.08. The lowest BCUT2D eigenvalue weighted by atomic mass is 10.3. The smallest absolute Gasteiger partial charge is 0.126 e. The Kier molecular flexibility index (Phi) is 3.53. The SMILES string of the molecule is CCCOc1ccnc(Br)c1C. The van der Waals surface area contributed by atoms with Gasteiger partial charge in [0, 0.05) is 11.8 Å². The minimum absolute atomic E-state index is 0.761. The first kappa shape index (κ1) is 9.52. The molecule has 1 heterocycles. The Labute approximate surface area is 81.1 Å². The van der Waals surface area contributed by atoms with Gasteiger partial charge in [-0.05, 0) is 35.3 Å². The van der Waals surface area contributed by atoms with Crippen LogP contribution in [0.15, 0.2) is 16.9 Å². The molecule has 0 atom stereocenters. The van der Waals surface area contributed by atoms with Crippen molar-refractivity contribution in [2.75, 3.05) is 6.61 Å². The lowest BCUT2D eigenvalue weighted by Gasteiger charge is -2.07. The topological polar surface area (TPSA) is 22.1 Å². The molecular weight excluding hydrogens is 218 g/mol. The van der Waals surface area contributed by atoms with Crippen LogP contribution >= 0.6 is 15.9 Å². The van der Waals surface area contributed by atoms with Gasteiger partial charge in [-0.25, -0.2) is 4.98 Å². The molecule has 0 aliphatic heterocycles. The zero-order valence-corrected chi connectivity index (χ0v) is 8.89. The highest BCUT2D eigenvalue weighted by atomic mass is 79.9. The molecule has 2 nitrogen and oxygen atoms in total. The predicted octanol–water partition coefficient (Wildman–Crippen LogP) is 2.94. The zero-order valence-electron chi connectivity index (χ0n) is 7.30. The Bertz CT molecular complexity index is 263. The van der Waals surface area contributed by atoms with Crippen molar-refractivity contribution in [2.45, 2.75) is 20.3 Å². The molecule has 0 amide bonds. The van der Waals surface area contributed by atoms with E-state index < -0.39 is 0 Å². The fraction of sp³-hybridized carbons (Fsp3) is 0.444. The van der Waals surface area contributed by atoms with Gasteiger partial charge in [0.2, 0.25) is 0 Å². The monoisotopic (exact) mass is 229 g/mol. The van der Waals surface area contributed by atoms with E-state index in [0.29, 0.717) is 0 Å². The second-order valence-electron chi connectivity index (χ2n) is 2.57. The minimum Gasteiger partial charge on any atom is -0.493 e.